The zero-order valence-corrected chi connectivity index (χ0v) is 22.0. The average molecular weight is 524 g/mol. The van der Waals surface area contributed by atoms with Gasteiger partial charge in [0.2, 0.25) is 5.91 Å². The molecule has 4 aromatic rings. The van der Waals surface area contributed by atoms with Crippen molar-refractivity contribution >= 4 is 17.9 Å². The number of aromatic nitrogens is 1. The summed E-state index contributed by atoms with van der Waals surface area (Å²) in [5.74, 6) is 0.0725. The van der Waals surface area contributed by atoms with Crippen LogP contribution in [-0.2, 0) is 4.79 Å². The van der Waals surface area contributed by atoms with Gasteiger partial charge in [0.25, 0.3) is 5.91 Å². The van der Waals surface area contributed by atoms with Crippen LogP contribution < -0.4 is 4.74 Å². The molecule has 39 heavy (non-hydrogen) atoms. The van der Waals surface area contributed by atoms with E-state index in [1.807, 2.05) is 67.6 Å². The van der Waals surface area contributed by atoms with E-state index < -0.39 is 0 Å². The van der Waals surface area contributed by atoms with Gasteiger partial charge in [-0.3, -0.25) is 9.59 Å². The van der Waals surface area contributed by atoms with Crippen molar-refractivity contribution in [2.75, 3.05) is 33.3 Å². The minimum Gasteiger partial charge on any atom is -0.497 e. The Morgan fingerprint density at radius 3 is 2.26 bits per heavy atom. The summed E-state index contributed by atoms with van der Waals surface area (Å²) in [4.78, 5) is 29.9. The molecule has 5 rings (SSSR count). The number of ether oxygens (including phenoxy) is 1. The van der Waals surface area contributed by atoms with Crippen LogP contribution in [0, 0.1) is 12.7 Å². The fourth-order valence-electron chi connectivity index (χ4n) is 4.90. The van der Waals surface area contributed by atoms with E-state index >= 15 is 0 Å². The number of benzene rings is 3. The quantitative estimate of drug-likeness (QED) is 0.309. The van der Waals surface area contributed by atoms with Crippen molar-refractivity contribution in [2.45, 2.75) is 6.92 Å². The first-order valence-corrected chi connectivity index (χ1v) is 12.9. The van der Waals surface area contributed by atoms with Crippen LogP contribution >= 0.6 is 0 Å². The number of carbonyl (C=O) groups is 2. The minimum atomic E-state index is -0.380. The lowest BCUT2D eigenvalue weighted by molar-refractivity contribution is -0.127. The highest BCUT2D eigenvalue weighted by atomic mass is 19.1. The minimum absolute atomic E-state index is 0.0758. The summed E-state index contributed by atoms with van der Waals surface area (Å²) in [5, 5.41) is 0. The van der Waals surface area contributed by atoms with Crippen LogP contribution in [0.3, 0.4) is 0 Å². The second-order valence-electron chi connectivity index (χ2n) is 9.41. The molecule has 3 aromatic carbocycles. The van der Waals surface area contributed by atoms with Gasteiger partial charge in [0.15, 0.2) is 0 Å². The molecule has 2 heterocycles. The van der Waals surface area contributed by atoms with E-state index in [4.69, 9.17) is 4.74 Å². The van der Waals surface area contributed by atoms with E-state index in [1.165, 1.54) is 6.07 Å². The highest BCUT2D eigenvalue weighted by Crippen LogP contribution is 2.33. The van der Waals surface area contributed by atoms with Crippen LogP contribution in [0.15, 0.2) is 91.0 Å². The molecule has 198 valence electrons. The van der Waals surface area contributed by atoms with E-state index in [-0.39, 0.29) is 17.6 Å². The number of rotatable bonds is 6. The molecule has 1 saturated heterocycles. The van der Waals surface area contributed by atoms with Gasteiger partial charge in [-0.15, -0.1) is 0 Å². The number of methoxy groups -OCH3 is 1. The number of piperazine rings is 1. The number of halogens is 1. The Kier molecular flexibility index (Phi) is 7.59. The number of para-hydroxylation sites is 1. The number of hydrogen-bond donors (Lipinski definition) is 0. The first-order chi connectivity index (χ1) is 19.0. The maximum Gasteiger partial charge on any atom is 0.255 e. The predicted molar refractivity (Wildman–Crippen MR) is 150 cm³/mol. The Bertz CT molecular complexity index is 1520. The number of hydrogen-bond acceptors (Lipinski definition) is 3. The molecule has 1 fully saturated rings. The predicted octanol–water partition coefficient (Wildman–Crippen LogP) is 5.60. The number of nitrogens with zero attached hydrogens (tertiary/aromatic N) is 3. The van der Waals surface area contributed by atoms with Crippen molar-refractivity contribution in [2.24, 2.45) is 0 Å². The molecule has 0 bridgehead atoms. The van der Waals surface area contributed by atoms with Gasteiger partial charge in [0.05, 0.1) is 24.1 Å². The lowest BCUT2D eigenvalue weighted by atomic mass is 10.1. The molecule has 7 heteroatoms. The first-order valence-electron chi connectivity index (χ1n) is 12.9. The maximum atomic E-state index is 15.0. The Balaban J connectivity index is 1.39. The molecular weight excluding hydrogens is 493 g/mol. The summed E-state index contributed by atoms with van der Waals surface area (Å²) >= 11 is 0. The van der Waals surface area contributed by atoms with Gasteiger partial charge in [-0.25, -0.2) is 4.39 Å². The molecule has 0 spiro atoms. The van der Waals surface area contributed by atoms with Gasteiger partial charge in [-0.2, -0.15) is 0 Å². The Labute approximate surface area is 227 Å². The SMILES string of the molecule is COc1cccc(-c2cc(C(=O)N3CCN(C(=O)/C=C/c4ccccc4)CC3)c(C)n2-c2ccccc2F)c1. The summed E-state index contributed by atoms with van der Waals surface area (Å²) in [7, 11) is 1.59. The van der Waals surface area contributed by atoms with Gasteiger partial charge in [0.1, 0.15) is 11.6 Å². The van der Waals surface area contributed by atoms with Crippen molar-refractivity contribution in [1.29, 1.82) is 0 Å². The molecule has 1 aromatic heterocycles. The van der Waals surface area contributed by atoms with Gasteiger partial charge >= 0.3 is 0 Å². The van der Waals surface area contributed by atoms with Crippen LogP contribution in [-0.4, -0.2) is 59.5 Å². The van der Waals surface area contributed by atoms with E-state index in [9.17, 15) is 14.0 Å². The van der Waals surface area contributed by atoms with Gasteiger partial charge in [0, 0.05) is 43.5 Å². The van der Waals surface area contributed by atoms with Crippen LogP contribution in [0.4, 0.5) is 4.39 Å². The second kappa shape index (κ2) is 11.4. The van der Waals surface area contributed by atoms with E-state index in [0.717, 1.165) is 11.1 Å². The molecule has 0 atom stereocenters. The number of carbonyl (C=O) groups excluding carboxylic acids is 2. The van der Waals surface area contributed by atoms with Crippen LogP contribution in [0.5, 0.6) is 5.75 Å². The zero-order valence-electron chi connectivity index (χ0n) is 22.0. The summed E-state index contributed by atoms with van der Waals surface area (Å²) in [6.45, 7) is 3.56. The van der Waals surface area contributed by atoms with Crippen molar-refractivity contribution in [3.05, 3.63) is 114 Å². The molecule has 0 aliphatic carbocycles. The van der Waals surface area contributed by atoms with E-state index in [2.05, 4.69) is 0 Å². The van der Waals surface area contributed by atoms with Gasteiger partial charge in [-0.1, -0.05) is 54.6 Å². The fraction of sp³-hybridized carbons (Fsp3) is 0.188. The molecule has 0 unspecified atom stereocenters. The van der Waals surface area contributed by atoms with Gasteiger partial charge in [-0.05, 0) is 48.9 Å². The molecule has 2 amide bonds. The lowest BCUT2D eigenvalue weighted by Crippen LogP contribution is -2.50. The normalized spacial score (nSPS) is 13.6. The molecule has 1 aliphatic rings. The smallest absolute Gasteiger partial charge is 0.255 e. The van der Waals surface area contributed by atoms with Crippen molar-refractivity contribution in [1.82, 2.24) is 14.4 Å². The second-order valence-corrected chi connectivity index (χ2v) is 9.41. The third kappa shape index (κ3) is 5.48. The standard InChI is InChI=1S/C32H30FN3O3/c1-23-27(32(38)35-19-17-34(18-20-35)31(37)16-15-24-9-4-3-5-10-24)22-30(25-11-8-12-26(21-25)39-2)36(23)29-14-7-6-13-28(29)33/h3-16,21-22H,17-20H2,1-2H3/b16-15+. The first kappa shape index (κ1) is 26.0. The lowest BCUT2D eigenvalue weighted by Gasteiger charge is -2.34. The van der Waals surface area contributed by atoms with Crippen LogP contribution in [0.25, 0.3) is 23.0 Å². The zero-order chi connectivity index (χ0) is 27.4. The summed E-state index contributed by atoms with van der Waals surface area (Å²) < 4.78 is 22.2. The van der Waals surface area contributed by atoms with Crippen LogP contribution in [0.1, 0.15) is 21.6 Å². The topological polar surface area (TPSA) is 54.8 Å². The highest BCUT2D eigenvalue weighted by Gasteiger charge is 2.28. The van der Waals surface area contributed by atoms with E-state index in [1.54, 1.807) is 51.8 Å². The van der Waals surface area contributed by atoms with E-state index in [0.29, 0.717) is 54.6 Å². The van der Waals surface area contributed by atoms with Crippen LogP contribution in [0.2, 0.25) is 0 Å². The molecular formula is C32H30FN3O3. The summed E-state index contributed by atoms with van der Waals surface area (Å²) in [5.41, 5.74) is 3.97. The molecule has 0 radical (unpaired) electrons. The molecule has 0 N–H and O–H groups in total. The molecule has 0 saturated carbocycles. The summed E-state index contributed by atoms with van der Waals surface area (Å²) in [6.07, 6.45) is 3.38. The largest absolute Gasteiger partial charge is 0.497 e. The third-order valence-electron chi connectivity index (χ3n) is 7.03. The Hall–Kier alpha value is -4.65. The molecule has 1 aliphatic heterocycles. The molecule has 6 nitrogen and oxygen atoms in total. The maximum absolute atomic E-state index is 15.0. The van der Waals surface area contributed by atoms with Crippen molar-refractivity contribution in [3.63, 3.8) is 0 Å². The monoisotopic (exact) mass is 523 g/mol. The average Bonchev–Trinajstić information content (AvgIpc) is 3.33. The fourth-order valence-corrected chi connectivity index (χ4v) is 4.90. The van der Waals surface area contributed by atoms with Crippen molar-refractivity contribution in [3.8, 4) is 22.7 Å². The third-order valence-corrected chi connectivity index (χ3v) is 7.03. The summed E-state index contributed by atoms with van der Waals surface area (Å²) in [6, 6.07) is 25.5. The highest BCUT2D eigenvalue weighted by molar-refractivity contribution is 5.98. The van der Waals surface area contributed by atoms with Crippen molar-refractivity contribution < 1.29 is 18.7 Å². The van der Waals surface area contributed by atoms with Gasteiger partial charge < -0.3 is 19.1 Å². The number of amides is 2. The Morgan fingerprint density at radius 1 is 0.846 bits per heavy atom. The Morgan fingerprint density at radius 2 is 1.54 bits per heavy atom.